The van der Waals surface area contributed by atoms with E-state index in [9.17, 15) is 9.59 Å². The van der Waals surface area contributed by atoms with E-state index < -0.39 is 0 Å². The van der Waals surface area contributed by atoms with Gasteiger partial charge < -0.3 is 19.5 Å². The molecule has 2 aromatic carbocycles. The van der Waals surface area contributed by atoms with Crippen LogP contribution in [0.5, 0.6) is 11.5 Å². The predicted octanol–water partition coefficient (Wildman–Crippen LogP) is 2.87. The molecule has 0 radical (unpaired) electrons. The van der Waals surface area contributed by atoms with Crippen molar-refractivity contribution >= 4 is 23.1 Å². The smallest absolute Gasteiger partial charge is 0.278 e. The van der Waals surface area contributed by atoms with Gasteiger partial charge >= 0.3 is 0 Å². The van der Waals surface area contributed by atoms with Crippen molar-refractivity contribution in [3.05, 3.63) is 58.8 Å². The molecule has 150 valence electrons. The summed E-state index contributed by atoms with van der Waals surface area (Å²) in [6, 6.07) is 11.0. The lowest BCUT2D eigenvalue weighted by atomic mass is 9.99. The van der Waals surface area contributed by atoms with Gasteiger partial charge in [-0.2, -0.15) is 0 Å². The summed E-state index contributed by atoms with van der Waals surface area (Å²) in [6.07, 6.45) is 0. The fourth-order valence-corrected chi connectivity index (χ4v) is 3.36. The normalized spacial score (nSPS) is 15.5. The highest BCUT2D eigenvalue weighted by Crippen LogP contribution is 2.36. The van der Waals surface area contributed by atoms with Crippen LogP contribution in [0.4, 0.5) is 5.69 Å². The monoisotopic (exact) mass is 394 g/mol. The number of ether oxygens (including phenoxy) is 3. The summed E-state index contributed by atoms with van der Waals surface area (Å²) in [5, 5.41) is 3.13. The zero-order valence-corrected chi connectivity index (χ0v) is 16.6. The summed E-state index contributed by atoms with van der Waals surface area (Å²) in [5.74, 6) is 0.530. The number of fused-ring (bicyclic) bond motifs is 1. The number of carbonyl (C=O) groups excluding carboxylic acids is 2. The maximum atomic E-state index is 13.1. The molecule has 0 aromatic heterocycles. The Morgan fingerprint density at radius 2 is 1.79 bits per heavy atom. The number of nitrogens with one attached hydrogen (secondary N) is 1. The Balaban J connectivity index is 1.75. The number of benzene rings is 2. The van der Waals surface area contributed by atoms with Gasteiger partial charge in [0.1, 0.15) is 5.70 Å². The number of amides is 2. The molecule has 0 saturated heterocycles. The summed E-state index contributed by atoms with van der Waals surface area (Å²) in [4.78, 5) is 27.4. The van der Waals surface area contributed by atoms with Crippen LogP contribution in [0.2, 0.25) is 0 Å². The fourth-order valence-electron chi connectivity index (χ4n) is 3.36. The second-order valence-corrected chi connectivity index (χ2v) is 7.00. The van der Waals surface area contributed by atoms with Crippen molar-refractivity contribution in [3.8, 4) is 11.5 Å². The maximum Gasteiger partial charge on any atom is 0.278 e. The first-order chi connectivity index (χ1) is 14.0. The SMILES string of the molecule is COCCN1C(=O)C(Nc2ccc3c(c2)OCO3)=C(c2ccc(C)c(C)c2)C1=O. The minimum Gasteiger partial charge on any atom is -0.454 e. The maximum absolute atomic E-state index is 13.1. The van der Waals surface area contributed by atoms with Crippen molar-refractivity contribution in [2.24, 2.45) is 0 Å². The topological polar surface area (TPSA) is 77.1 Å². The third-order valence-electron chi connectivity index (χ3n) is 5.12. The molecule has 1 N–H and O–H groups in total. The molecule has 2 aromatic rings. The van der Waals surface area contributed by atoms with E-state index >= 15 is 0 Å². The van der Waals surface area contributed by atoms with Crippen molar-refractivity contribution in [1.29, 1.82) is 0 Å². The number of nitrogens with zero attached hydrogens (tertiary/aromatic N) is 1. The van der Waals surface area contributed by atoms with Crippen molar-refractivity contribution in [3.63, 3.8) is 0 Å². The Labute approximate surface area is 168 Å². The number of hydrogen-bond donors (Lipinski definition) is 1. The second kappa shape index (κ2) is 7.60. The van der Waals surface area contributed by atoms with Crippen molar-refractivity contribution in [2.75, 3.05) is 32.4 Å². The number of hydrogen-bond acceptors (Lipinski definition) is 6. The van der Waals surface area contributed by atoms with E-state index in [-0.39, 0.29) is 37.5 Å². The van der Waals surface area contributed by atoms with Crippen LogP contribution in [0, 0.1) is 13.8 Å². The highest BCUT2D eigenvalue weighted by atomic mass is 16.7. The Kier molecular flexibility index (Phi) is 4.98. The Morgan fingerprint density at radius 3 is 2.55 bits per heavy atom. The van der Waals surface area contributed by atoms with Crippen LogP contribution in [-0.2, 0) is 14.3 Å². The number of rotatable bonds is 6. The van der Waals surface area contributed by atoms with E-state index in [1.807, 2.05) is 32.0 Å². The highest BCUT2D eigenvalue weighted by molar-refractivity contribution is 6.36. The van der Waals surface area contributed by atoms with Gasteiger partial charge in [0, 0.05) is 18.9 Å². The lowest BCUT2D eigenvalue weighted by Gasteiger charge is -2.14. The minimum absolute atomic E-state index is 0.164. The Hall–Kier alpha value is -3.32. The standard InChI is InChI=1S/C22H22N2O5/c1-13-4-5-15(10-14(13)2)19-20(22(26)24(21(19)25)8-9-27-3)23-16-6-7-17-18(11-16)29-12-28-17/h4-7,10-11,23H,8-9,12H2,1-3H3. The van der Waals surface area contributed by atoms with Crippen LogP contribution in [-0.4, -0.2) is 43.8 Å². The van der Waals surface area contributed by atoms with Crippen LogP contribution in [0.15, 0.2) is 42.1 Å². The third kappa shape index (κ3) is 3.45. The van der Waals surface area contributed by atoms with Crippen LogP contribution in [0.25, 0.3) is 5.57 Å². The van der Waals surface area contributed by atoms with Gasteiger partial charge in [-0.25, -0.2) is 0 Å². The van der Waals surface area contributed by atoms with Gasteiger partial charge in [0.25, 0.3) is 11.8 Å². The van der Waals surface area contributed by atoms with Gasteiger partial charge in [-0.3, -0.25) is 14.5 Å². The number of anilines is 1. The molecule has 0 unspecified atom stereocenters. The van der Waals surface area contributed by atoms with E-state index in [1.54, 1.807) is 18.2 Å². The van der Waals surface area contributed by atoms with E-state index in [0.717, 1.165) is 11.1 Å². The molecule has 29 heavy (non-hydrogen) atoms. The summed E-state index contributed by atoms with van der Waals surface area (Å²) in [6.45, 7) is 4.61. The molecule has 0 bridgehead atoms. The number of imide groups is 1. The highest BCUT2D eigenvalue weighted by Gasteiger charge is 2.39. The first-order valence-electron chi connectivity index (χ1n) is 9.33. The van der Waals surface area contributed by atoms with Crippen molar-refractivity contribution in [2.45, 2.75) is 13.8 Å². The number of aryl methyl sites for hydroxylation is 2. The first-order valence-corrected chi connectivity index (χ1v) is 9.33. The minimum atomic E-state index is -0.377. The lowest BCUT2D eigenvalue weighted by molar-refractivity contribution is -0.137. The Bertz CT molecular complexity index is 1030. The second-order valence-electron chi connectivity index (χ2n) is 7.00. The van der Waals surface area contributed by atoms with Gasteiger partial charge in [-0.05, 0) is 42.7 Å². The molecule has 2 aliphatic heterocycles. The summed E-state index contributed by atoms with van der Waals surface area (Å²) in [5.41, 5.74) is 4.11. The molecule has 7 nitrogen and oxygen atoms in total. The van der Waals surface area contributed by atoms with E-state index in [1.165, 1.54) is 12.0 Å². The van der Waals surface area contributed by atoms with Gasteiger partial charge in [0.2, 0.25) is 6.79 Å². The summed E-state index contributed by atoms with van der Waals surface area (Å²) < 4.78 is 15.8. The average Bonchev–Trinajstić information content (AvgIpc) is 3.26. The zero-order valence-electron chi connectivity index (χ0n) is 16.6. The molecule has 0 aliphatic carbocycles. The van der Waals surface area contributed by atoms with Crippen LogP contribution in [0.3, 0.4) is 0 Å². The molecule has 4 rings (SSSR count). The number of carbonyl (C=O) groups is 2. The van der Waals surface area contributed by atoms with Crippen molar-refractivity contribution in [1.82, 2.24) is 4.90 Å². The third-order valence-corrected chi connectivity index (χ3v) is 5.12. The van der Waals surface area contributed by atoms with E-state index in [4.69, 9.17) is 14.2 Å². The van der Waals surface area contributed by atoms with Gasteiger partial charge in [-0.15, -0.1) is 0 Å². The molecule has 2 aliphatic rings. The number of methoxy groups -OCH3 is 1. The Morgan fingerprint density at radius 1 is 1.00 bits per heavy atom. The van der Waals surface area contributed by atoms with Gasteiger partial charge in [0.15, 0.2) is 11.5 Å². The quantitative estimate of drug-likeness (QED) is 0.760. The summed E-state index contributed by atoms with van der Waals surface area (Å²) in [7, 11) is 1.54. The van der Waals surface area contributed by atoms with Crippen LogP contribution in [0.1, 0.15) is 16.7 Å². The molecule has 7 heteroatoms. The first kappa shape index (κ1) is 19.0. The molecule has 0 spiro atoms. The molecule has 0 fully saturated rings. The van der Waals surface area contributed by atoms with E-state index in [0.29, 0.717) is 28.3 Å². The van der Waals surface area contributed by atoms with E-state index in [2.05, 4.69) is 5.32 Å². The molecular weight excluding hydrogens is 372 g/mol. The lowest BCUT2D eigenvalue weighted by Crippen LogP contribution is -2.35. The molecular formula is C22H22N2O5. The fraction of sp³-hybridized carbons (Fsp3) is 0.273. The average molecular weight is 394 g/mol. The van der Waals surface area contributed by atoms with Crippen LogP contribution < -0.4 is 14.8 Å². The molecule has 2 amide bonds. The molecule has 0 atom stereocenters. The van der Waals surface area contributed by atoms with Crippen molar-refractivity contribution < 1.29 is 23.8 Å². The van der Waals surface area contributed by atoms with Gasteiger partial charge in [0.05, 0.1) is 18.7 Å². The zero-order chi connectivity index (χ0) is 20.5. The molecule has 2 heterocycles. The van der Waals surface area contributed by atoms with Crippen LogP contribution >= 0.6 is 0 Å². The van der Waals surface area contributed by atoms with Gasteiger partial charge in [-0.1, -0.05) is 18.2 Å². The predicted molar refractivity (Wildman–Crippen MR) is 108 cm³/mol. The molecule has 0 saturated carbocycles. The largest absolute Gasteiger partial charge is 0.454 e. The summed E-state index contributed by atoms with van der Waals surface area (Å²) >= 11 is 0.